The second-order valence-corrected chi connectivity index (χ2v) is 12.8. The second kappa shape index (κ2) is 15.0. The number of amides is 4. The molecule has 48 heavy (non-hydrogen) atoms. The number of carbonyl (C=O) groups excluding carboxylic acids is 4. The van der Waals surface area contributed by atoms with Gasteiger partial charge in [-0.05, 0) is 61.1 Å². The standard InChI is InChI=1S/C37H41FN4O6/c38-27-11-6-10-26(21-27)37(15-18-47-19-16-37)24-39-35(45)30-22-33(43)40-31(20-25-8-2-1-3-9-25)36(46)42-17-7-12-28(42)23-48-32-14-5-4-13-29(32)34(44)41-30/h1-6,8-11,13-14,21,28,30-31H,7,12,15-20,22-24H2,(H,39,45)(H,40,43)(H,41,44)/t28-,30+,31+/m1/s1. The fourth-order valence-corrected chi connectivity index (χ4v) is 6.93. The van der Waals surface area contributed by atoms with Crippen molar-refractivity contribution in [1.82, 2.24) is 20.9 Å². The summed E-state index contributed by atoms with van der Waals surface area (Å²) in [6, 6.07) is 20.1. The molecule has 0 radical (unpaired) electrons. The van der Waals surface area contributed by atoms with Gasteiger partial charge in [-0.1, -0.05) is 54.6 Å². The van der Waals surface area contributed by atoms with Gasteiger partial charge in [-0.3, -0.25) is 19.2 Å². The number of hydrogen-bond acceptors (Lipinski definition) is 6. The highest BCUT2D eigenvalue weighted by atomic mass is 19.1. The highest BCUT2D eigenvalue weighted by Crippen LogP contribution is 2.35. The van der Waals surface area contributed by atoms with Gasteiger partial charge in [0.2, 0.25) is 17.7 Å². The lowest BCUT2D eigenvalue weighted by molar-refractivity contribution is -0.138. The van der Waals surface area contributed by atoms with Crippen LogP contribution < -0.4 is 20.7 Å². The third-order valence-electron chi connectivity index (χ3n) is 9.64. The Balaban J connectivity index is 1.28. The van der Waals surface area contributed by atoms with Crippen molar-refractivity contribution < 1.29 is 33.0 Å². The van der Waals surface area contributed by atoms with Gasteiger partial charge < -0.3 is 30.3 Å². The van der Waals surface area contributed by atoms with E-state index in [2.05, 4.69) is 16.0 Å². The maximum absolute atomic E-state index is 14.3. The molecule has 0 aliphatic carbocycles. The molecule has 3 heterocycles. The van der Waals surface area contributed by atoms with Crippen LogP contribution in [0.25, 0.3) is 0 Å². The molecule has 3 atom stereocenters. The molecule has 6 rings (SSSR count). The zero-order valence-corrected chi connectivity index (χ0v) is 26.8. The van der Waals surface area contributed by atoms with Crippen LogP contribution in [0.15, 0.2) is 78.9 Å². The van der Waals surface area contributed by atoms with Gasteiger partial charge in [0.25, 0.3) is 5.91 Å². The number of fused-ring (bicyclic) bond motifs is 2. The Labute approximate surface area is 279 Å². The predicted octanol–water partition coefficient (Wildman–Crippen LogP) is 3.29. The number of rotatable bonds is 6. The van der Waals surface area contributed by atoms with Gasteiger partial charge in [-0.2, -0.15) is 0 Å². The molecule has 0 saturated carbocycles. The molecule has 2 saturated heterocycles. The van der Waals surface area contributed by atoms with Crippen LogP contribution in [0.3, 0.4) is 0 Å². The van der Waals surface area contributed by atoms with Crippen LogP contribution in [0.2, 0.25) is 0 Å². The third-order valence-corrected chi connectivity index (χ3v) is 9.64. The smallest absolute Gasteiger partial charge is 0.255 e. The van der Waals surface area contributed by atoms with E-state index in [4.69, 9.17) is 9.47 Å². The van der Waals surface area contributed by atoms with Crippen LogP contribution in [0.1, 0.15) is 53.6 Å². The number of nitrogens with one attached hydrogen (secondary N) is 3. The molecule has 3 N–H and O–H groups in total. The van der Waals surface area contributed by atoms with Gasteiger partial charge in [0.15, 0.2) is 0 Å². The fraction of sp³-hybridized carbons (Fsp3) is 0.405. The summed E-state index contributed by atoms with van der Waals surface area (Å²) in [6.07, 6.45) is 2.49. The molecular formula is C37H41FN4O6. The average Bonchev–Trinajstić information content (AvgIpc) is 3.58. The molecular weight excluding hydrogens is 615 g/mol. The summed E-state index contributed by atoms with van der Waals surface area (Å²) < 4.78 is 26.0. The molecule has 3 aromatic rings. The van der Waals surface area contributed by atoms with Crippen molar-refractivity contribution in [3.05, 3.63) is 101 Å². The molecule has 10 nitrogen and oxygen atoms in total. The quantitative estimate of drug-likeness (QED) is 0.374. The van der Waals surface area contributed by atoms with E-state index in [0.717, 1.165) is 24.0 Å². The van der Waals surface area contributed by atoms with Crippen molar-refractivity contribution in [3.63, 3.8) is 0 Å². The van der Waals surface area contributed by atoms with E-state index in [1.54, 1.807) is 35.2 Å². The first kappa shape index (κ1) is 33.1. The number of carbonyl (C=O) groups is 4. The van der Waals surface area contributed by atoms with E-state index < -0.39 is 41.6 Å². The van der Waals surface area contributed by atoms with E-state index in [0.29, 0.717) is 38.3 Å². The first-order valence-electron chi connectivity index (χ1n) is 16.6. The zero-order valence-electron chi connectivity index (χ0n) is 26.8. The van der Waals surface area contributed by atoms with Gasteiger partial charge in [0.1, 0.15) is 30.3 Å². The van der Waals surface area contributed by atoms with Crippen molar-refractivity contribution in [2.24, 2.45) is 0 Å². The average molecular weight is 657 g/mol. The largest absolute Gasteiger partial charge is 0.491 e. The highest BCUT2D eigenvalue weighted by molar-refractivity contribution is 6.01. The lowest BCUT2D eigenvalue weighted by atomic mass is 9.74. The number of hydrogen-bond donors (Lipinski definition) is 3. The minimum absolute atomic E-state index is 0.151. The number of benzene rings is 3. The molecule has 3 aromatic carbocycles. The molecule has 3 aliphatic rings. The van der Waals surface area contributed by atoms with Gasteiger partial charge in [0.05, 0.1) is 18.0 Å². The van der Waals surface area contributed by atoms with Crippen LogP contribution in [-0.4, -0.2) is 79.6 Å². The molecule has 252 valence electrons. The van der Waals surface area contributed by atoms with Gasteiger partial charge in [-0.25, -0.2) is 4.39 Å². The van der Waals surface area contributed by atoms with Crippen molar-refractivity contribution in [3.8, 4) is 5.75 Å². The first-order valence-corrected chi connectivity index (χ1v) is 16.6. The SMILES string of the molecule is O=C1C[C@@H](C(=O)NCC2(c3cccc(F)c3)CCOCC2)NC(=O)c2ccccc2OC[C@H]2CCCN2C(=O)[C@H](Cc2ccccc2)N1. The topological polar surface area (TPSA) is 126 Å². The summed E-state index contributed by atoms with van der Waals surface area (Å²) in [4.78, 5) is 57.0. The molecule has 0 spiro atoms. The predicted molar refractivity (Wildman–Crippen MR) is 176 cm³/mol. The van der Waals surface area contributed by atoms with E-state index >= 15 is 0 Å². The Morgan fingerprint density at radius 2 is 1.73 bits per heavy atom. The summed E-state index contributed by atoms with van der Waals surface area (Å²) in [5, 5.41) is 8.59. The van der Waals surface area contributed by atoms with Gasteiger partial charge >= 0.3 is 0 Å². The Kier molecular flexibility index (Phi) is 10.3. The summed E-state index contributed by atoms with van der Waals surface area (Å²) in [6.45, 7) is 1.75. The Morgan fingerprint density at radius 3 is 2.52 bits per heavy atom. The zero-order chi connectivity index (χ0) is 33.5. The normalized spacial score (nSPS) is 23.1. The molecule has 11 heteroatoms. The fourth-order valence-electron chi connectivity index (χ4n) is 6.93. The minimum atomic E-state index is -1.27. The Hall–Kier alpha value is -4.77. The van der Waals surface area contributed by atoms with Crippen LogP contribution in [-0.2, 0) is 31.0 Å². The molecule has 0 unspecified atom stereocenters. The van der Waals surface area contributed by atoms with Crippen molar-refractivity contribution >= 4 is 23.6 Å². The number of para-hydroxylation sites is 1. The summed E-state index contributed by atoms with van der Waals surface area (Å²) in [5.41, 5.74) is 1.24. The minimum Gasteiger partial charge on any atom is -0.491 e. The van der Waals surface area contributed by atoms with Gasteiger partial charge in [-0.15, -0.1) is 0 Å². The monoisotopic (exact) mass is 656 g/mol. The van der Waals surface area contributed by atoms with Crippen molar-refractivity contribution in [2.45, 2.75) is 62.1 Å². The molecule has 0 aromatic heterocycles. The summed E-state index contributed by atoms with van der Waals surface area (Å²) >= 11 is 0. The van der Waals surface area contributed by atoms with Gasteiger partial charge in [0, 0.05) is 38.1 Å². The number of halogens is 1. The molecule has 0 bridgehead atoms. The van der Waals surface area contributed by atoms with Crippen LogP contribution in [0.4, 0.5) is 4.39 Å². The van der Waals surface area contributed by atoms with E-state index in [-0.39, 0.29) is 42.9 Å². The highest BCUT2D eigenvalue weighted by Gasteiger charge is 2.38. The second-order valence-electron chi connectivity index (χ2n) is 12.8. The van der Waals surface area contributed by atoms with E-state index in [1.165, 1.54) is 12.1 Å². The molecule has 4 amide bonds. The summed E-state index contributed by atoms with van der Waals surface area (Å²) in [5.74, 6) is -1.96. The number of ether oxygens (including phenoxy) is 2. The lowest BCUT2D eigenvalue weighted by Crippen LogP contribution is -2.55. The Morgan fingerprint density at radius 1 is 0.958 bits per heavy atom. The third kappa shape index (κ3) is 7.68. The van der Waals surface area contributed by atoms with Crippen molar-refractivity contribution in [1.29, 1.82) is 0 Å². The van der Waals surface area contributed by atoms with Crippen molar-refractivity contribution in [2.75, 3.05) is 32.9 Å². The summed E-state index contributed by atoms with van der Waals surface area (Å²) in [7, 11) is 0. The van der Waals surface area contributed by atoms with Crippen LogP contribution in [0, 0.1) is 5.82 Å². The lowest BCUT2D eigenvalue weighted by Gasteiger charge is -2.38. The van der Waals surface area contributed by atoms with E-state index in [9.17, 15) is 23.6 Å². The van der Waals surface area contributed by atoms with Crippen LogP contribution >= 0.6 is 0 Å². The van der Waals surface area contributed by atoms with Crippen LogP contribution in [0.5, 0.6) is 5.75 Å². The number of nitrogens with zero attached hydrogens (tertiary/aromatic N) is 1. The Bertz CT molecular complexity index is 1630. The maximum Gasteiger partial charge on any atom is 0.255 e. The van der Waals surface area contributed by atoms with E-state index in [1.807, 2.05) is 36.4 Å². The molecule has 2 fully saturated rings. The first-order chi connectivity index (χ1) is 23.3. The maximum atomic E-state index is 14.3. The molecule has 3 aliphatic heterocycles.